The van der Waals surface area contributed by atoms with Crippen molar-refractivity contribution in [1.82, 2.24) is 14.9 Å². The molecule has 0 bridgehead atoms. The molecule has 0 radical (unpaired) electrons. The molecule has 1 fully saturated rings. The fourth-order valence-electron chi connectivity index (χ4n) is 3.18. The van der Waals surface area contributed by atoms with Crippen molar-refractivity contribution in [3.63, 3.8) is 0 Å². The second kappa shape index (κ2) is 9.12. The van der Waals surface area contributed by atoms with E-state index in [4.69, 9.17) is 0 Å². The molecule has 1 aromatic carbocycles. The van der Waals surface area contributed by atoms with Gasteiger partial charge in [-0.1, -0.05) is 19.1 Å². The number of carbonyl (C=O) groups excluding carboxylic acids is 2. The van der Waals surface area contributed by atoms with Gasteiger partial charge in [-0.15, -0.1) is 0 Å². The third-order valence-electron chi connectivity index (χ3n) is 4.60. The Morgan fingerprint density at radius 2 is 1.93 bits per heavy atom. The molecular weight excluding hydrogens is 411 g/mol. The highest BCUT2D eigenvalue weighted by molar-refractivity contribution is 7.89. The van der Waals surface area contributed by atoms with Crippen LogP contribution in [0.1, 0.15) is 38.7 Å². The molecule has 0 aliphatic carbocycles. The third-order valence-corrected chi connectivity index (χ3v) is 6.20. The van der Waals surface area contributed by atoms with Crippen LogP contribution in [0.4, 0.5) is 13.2 Å². The van der Waals surface area contributed by atoms with E-state index < -0.39 is 38.6 Å². The molecule has 2 N–H and O–H groups in total. The van der Waals surface area contributed by atoms with Crippen molar-refractivity contribution in [2.75, 3.05) is 13.1 Å². The van der Waals surface area contributed by atoms with Crippen LogP contribution in [-0.4, -0.2) is 50.3 Å². The highest BCUT2D eigenvalue weighted by Gasteiger charge is 2.38. The van der Waals surface area contributed by atoms with Gasteiger partial charge in [-0.05, 0) is 31.9 Å². The molecule has 11 heteroatoms. The van der Waals surface area contributed by atoms with Crippen LogP contribution in [0, 0.1) is 0 Å². The molecule has 2 atom stereocenters. The topological polar surface area (TPSA) is 95.6 Å². The van der Waals surface area contributed by atoms with Gasteiger partial charge in [0.05, 0.1) is 16.5 Å². The quantitative estimate of drug-likeness (QED) is 0.713. The second-order valence-corrected chi connectivity index (χ2v) is 8.56. The molecule has 29 heavy (non-hydrogen) atoms. The van der Waals surface area contributed by atoms with Crippen molar-refractivity contribution in [3.8, 4) is 0 Å². The smallest absolute Gasteiger partial charge is 0.352 e. The van der Waals surface area contributed by atoms with Gasteiger partial charge in [-0.25, -0.2) is 8.42 Å². The lowest BCUT2D eigenvalue weighted by atomic mass is 10.0. The molecule has 162 valence electrons. The fourth-order valence-corrected chi connectivity index (χ4v) is 4.60. The lowest BCUT2D eigenvalue weighted by Crippen LogP contribution is -2.54. The minimum Gasteiger partial charge on any atom is -0.352 e. The van der Waals surface area contributed by atoms with Crippen molar-refractivity contribution in [2.24, 2.45) is 0 Å². The van der Waals surface area contributed by atoms with E-state index >= 15 is 0 Å². The summed E-state index contributed by atoms with van der Waals surface area (Å²) in [5.41, 5.74) is -1.30. The van der Waals surface area contributed by atoms with Crippen molar-refractivity contribution >= 4 is 21.8 Å². The van der Waals surface area contributed by atoms with Gasteiger partial charge in [0.15, 0.2) is 0 Å². The average molecular weight is 435 g/mol. The number of carbonyl (C=O) groups is 2. The maximum absolute atomic E-state index is 13.1. The monoisotopic (exact) mass is 435 g/mol. The zero-order valence-corrected chi connectivity index (χ0v) is 16.9. The number of halogens is 3. The van der Waals surface area contributed by atoms with Gasteiger partial charge < -0.3 is 10.2 Å². The van der Waals surface area contributed by atoms with Gasteiger partial charge in [0.2, 0.25) is 21.8 Å². The van der Waals surface area contributed by atoms with E-state index in [9.17, 15) is 31.2 Å². The standard InChI is InChI=1S/C18H24F3N3O4S/c1-3-16(25)22-13-7-6-10-24(11-13)17(26)12(2)23-29(27,28)15-9-5-4-8-14(15)18(19,20)21/h4-5,8-9,12-13,23H,3,6-7,10-11H2,1-2H3,(H,22,25)/t12-,13?/m0/s1. The minimum atomic E-state index is -4.85. The number of piperidine rings is 1. The first-order valence-electron chi connectivity index (χ1n) is 9.22. The Morgan fingerprint density at radius 1 is 1.28 bits per heavy atom. The Bertz CT molecular complexity index is 858. The average Bonchev–Trinajstić information content (AvgIpc) is 2.66. The van der Waals surface area contributed by atoms with Gasteiger partial charge in [-0.2, -0.15) is 17.9 Å². The van der Waals surface area contributed by atoms with Crippen LogP contribution in [0.2, 0.25) is 0 Å². The molecule has 7 nitrogen and oxygen atoms in total. The maximum Gasteiger partial charge on any atom is 0.417 e. The highest BCUT2D eigenvalue weighted by Crippen LogP contribution is 2.33. The number of nitrogens with one attached hydrogen (secondary N) is 2. The lowest BCUT2D eigenvalue weighted by molar-refractivity contribution is -0.139. The number of hydrogen-bond acceptors (Lipinski definition) is 4. The summed E-state index contributed by atoms with van der Waals surface area (Å²) >= 11 is 0. The first-order valence-corrected chi connectivity index (χ1v) is 10.7. The van der Waals surface area contributed by atoms with E-state index in [1.165, 1.54) is 17.9 Å². The summed E-state index contributed by atoms with van der Waals surface area (Å²) in [5, 5.41) is 2.79. The van der Waals surface area contributed by atoms with Crippen molar-refractivity contribution in [1.29, 1.82) is 0 Å². The Labute approximate surface area is 167 Å². The predicted octanol–water partition coefficient (Wildman–Crippen LogP) is 1.89. The number of sulfonamides is 1. The number of nitrogens with zero attached hydrogens (tertiary/aromatic N) is 1. The molecule has 2 rings (SSSR count). The zero-order chi connectivity index (χ0) is 21.8. The summed E-state index contributed by atoms with van der Waals surface area (Å²) < 4.78 is 66.5. The normalized spacial score (nSPS) is 18.9. The molecule has 1 unspecified atom stereocenters. The SMILES string of the molecule is CCC(=O)NC1CCCN(C(=O)[C@H](C)NS(=O)(=O)c2ccccc2C(F)(F)F)C1. The first kappa shape index (κ1) is 23.1. The molecule has 1 aromatic rings. The van der Waals surface area contributed by atoms with E-state index in [0.29, 0.717) is 31.9 Å². The lowest BCUT2D eigenvalue weighted by Gasteiger charge is -2.34. The summed E-state index contributed by atoms with van der Waals surface area (Å²) in [4.78, 5) is 24.7. The molecule has 0 aromatic heterocycles. The minimum absolute atomic E-state index is 0.151. The van der Waals surface area contributed by atoms with Crippen molar-refractivity contribution < 1.29 is 31.2 Å². The van der Waals surface area contributed by atoms with E-state index in [1.54, 1.807) is 6.92 Å². The number of likely N-dealkylation sites (tertiary alicyclic amines) is 1. The highest BCUT2D eigenvalue weighted by atomic mass is 32.2. The van der Waals surface area contributed by atoms with Crippen LogP contribution in [0.15, 0.2) is 29.2 Å². The molecule has 2 amide bonds. The Kier molecular flexibility index (Phi) is 7.28. The second-order valence-electron chi connectivity index (χ2n) is 6.88. The molecule has 0 spiro atoms. The number of alkyl halides is 3. The van der Waals surface area contributed by atoms with Crippen LogP contribution < -0.4 is 10.0 Å². The Hall–Kier alpha value is -2.14. The van der Waals surface area contributed by atoms with E-state index in [1.807, 2.05) is 4.72 Å². The van der Waals surface area contributed by atoms with Gasteiger partial charge in [0, 0.05) is 25.6 Å². The van der Waals surface area contributed by atoms with Crippen LogP contribution in [0.25, 0.3) is 0 Å². The molecular formula is C18H24F3N3O4S. The zero-order valence-electron chi connectivity index (χ0n) is 16.1. The van der Waals surface area contributed by atoms with Crippen LogP contribution in [0.5, 0.6) is 0 Å². The van der Waals surface area contributed by atoms with E-state index in [-0.39, 0.29) is 18.5 Å². The van der Waals surface area contributed by atoms with E-state index in [2.05, 4.69) is 5.32 Å². The fraction of sp³-hybridized carbons (Fsp3) is 0.556. The van der Waals surface area contributed by atoms with Gasteiger partial charge in [0.25, 0.3) is 0 Å². The van der Waals surface area contributed by atoms with Gasteiger partial charge >= 0.3 is 6.18 Å². The van der Waals surface area contributed by atoms with Gasteiger partial charge in [0.1, 0.15) is 0 Å². The molecule has 1 heterocycles. The summed E-state index contributed by atoms with van der Waals surface area (Å²) in [6.07, 6.45) is -3.24. The Balaban J connectivity index is 2.12. The van der Waals surface area contributed by atoms with Crippen LogP contribution in [0.3, 0.4) is 0 Å². The summed E-state index contributed by atoms with van der Waals surface area (Å²) in [6, 6.07) is 2.29. The molecule has 1 aliphatic rings. The van der Waals surface area contributed by atoms with Crippen molar-refractivity contribution in [3.05, 3.63) is 29.8 Å². The Morgan fingerprint density at radius 3 is 2.55 bits per heavy atom. The number of hydrogen-bond donors (Lipinski definition) is 2. The summed E-state index contributed by atoms with van der Waals surface area (Å²) in [7, 11) is -4.58. The largest absolute Gasteiger partial charge is 0.417 e. The first-order chi connectivity index (χ1) is 13.5. The number of amides is 2. The van der Waals surface area contributed by atoms with Crippen LogP contribution >= 0.6 is 0 Å². The summed E-state index contributed by atoms with van der Waals surface area (Å²) in [6.45, 7) is 3.58. The number of benzene rings is 1. The molecule has 0 saturated carbocycles. The van der Waals surface area contributed by atoms with Crippen LogP contribution in [-0.2, 0) is 25.8 Å². The molecule has 1 saturated heterocycles. The van der Waals surface area contributed by atoms with Gasteiger partial charge in [-0.3, -0.25) is 9.59 Å². The molecule has 1 aliphatic heterocycles. The predicted molar refractivity (Wildman–Crippen MR) is 99.3 cm³/mol. The summed E-state index contributed by atoms with van der Waals surface area (Å²) in [5.74, 6) is -0.713. The van der Waals surface area contributed by atoms with E-state index in [0.717, 1.165) is 12.1 Å². The van der Waals surface area contributed by atoms with Crippen molar-refractivity contribution in [2.45, 2.75) is 56.3 Å². The third kappa shape index (κ3) is 5.92. The number of rotatable bonds is 6. The maximum atomic E-state index is 13.1.